The third kappa shape index (κ3) is 8.07. The normalized spacial score (nSPS) is 13.1. The van der Waals surface area contributed by atoms with Gasteiger partial charge in [-0.05, 0) is 81.8 Å². The van der Waals surface area contributed by atoms with Crippen molar-refractivity contribution < 1.29 is 19.7 Å². The molecule has 0 aliphatic rings. The lowest BCUT2D eigenvalue weighted by molar-refractivity contribution is 0.210. The predicted octanol–water partition coefficient (Wildman–Crippen LogP) is 9.76. The average Bonchev–Trinajstić information content (AvgIpc) is 3.48. The third-order valence-electron chi connectivity index (χ3n) is 6.75. The van der Waals surface area contributed by atoms with E-state index >= 15 is 0 Å². The van der Waals surface area contributed by atoms with Gasteiger partial charge in [0.15, 0.2) is 0 Å². The van der Waals surface area contributed by atoms with Crippen LogP contribution in [0.5, 0.6) is 11.5 Å². The number of aliphatic hydroxyl groups is 2. The summed E-state index contributed by atoms with van der Waals surface area (Å²) in [6, 6.07) is 7.82. The number of unbranched alkanes of at least 4 members (excludes halogenated alkanes) is 6. The van der Waals surface area contributed by atoms with Crippen molar-refractivity contribution >= 4 is 54.5 Å². The Labute approximate surface area is 252 Å². The summed E-state index contributed by atoms with van der Waals surface area (Å²) in [7, 11) is 3.18. The number of aliphatic hydroxyl groups excluding tert-OH is 2. The van der Waals surface area contributed by atoms with Crippen LogP contribution in [-0.2, 0) is 12.8 Å². The van der Waals surface area contributed by atoms with Crippen LogP contribution in [-0.4, -0.2) is 24.4 Å². The van der Waals surface area contributed by atoms with Crippen molar-refractivity contribution in [3.63, 3.8) is 0 Å². The molecule has 4 nitrogen and oxygen atoms in total. The van der Waals surface area contributed by atoms with Gasteiger partial charge in [0.05, 0.1) is 24.0 Å². The van der Waals surface area contributed by atoms with Crippen LogP contribution in [0.15, 0.2) is 33.2 Å². The van der Waals surface area contributed by atoms with E-state index < -0.39 is 12.2 Å². The zero-order chi connectivity index (χ0) is 27.7. The Kier molecular flexibility index (Phi) is 13.1. The van der Waals surface area contributed by atoms with Gasteiger partial charge < -0.3 is 19.7 Å². The number of methoxy groups -OCH3 is 2. The lowest BCUT2D eigenvalue weighted by Crippen LogP contribution is -2.07. The topological polar surface area (TPSA) is 58.9 Å². The maximum Gasteiger partial charge on any atom is 0.125 e. The van der Waals surface area contributed by atoms with Gasteiger partial charge in [0, 0.05) is 29.8 Å². The van der Waals surface area contributed by atoms with Crippen LogP contribution < -0.4 is 9.47 Å². The van der Waals surface area contributed by atoms with Crippen LogP contribution in [0.1, 0.15) is 108 Å². The summed E-state index contributed by atoms with van der Waals surface area (Å²) in [4.78, 5) is 4.21. The second-order valence-electron chi connectivity index (χ2n) is 9.61. The molecule has 0 aliphatic heterocycles. The molecule has 1 aromatic carbocycles. The van der Waals surface area contributed by atoms with E-state index in [0.717, 1.165) is 44.4 Å². The number of ether oxygens (including phenoxy) is 2. The molecule has 0 saturated carbocycles. The molecule has 0 aliphatic carbocycles. The number of aryl methyl sites for hydroxylation is 2. The van der Waals surface area contributed by atoms with Crippen molar-refractivity contribution in [3.8, 4) is 11.5 Å². The Hall–Kier alpha value is -0.900. The van der Waals surface area contributed by atoms with Gasteiger partial charge in [-0.25, -0.2) is 0 Å². The van der Waals surface area contributed by atoms with Gasteiger partial charge in [0.25, 0.3) is 0 Å². The molecule has 0 spiro atoms. The fourth-order valence-electron chi connectivity index (χ4n) is 4.59. The number of rotatable bonds is 16. The van der Waals surface area contributed by atoms with E-state index in [1.54, 1.807) is 49.0 Å². The molecule has 210 valence electrons. The Balaban J connectivity index is 1.86. The predicted molar refractivity (Wildman–Crippen MR) is 167 cm³/mol. The Morgan fingerprint density at radius 3 is 1.39 bits per heavy atom. The molecular formula is C30H40Br2O4S2. The monoisotopic (exact) mass is 686 g/mol. The van der Waals surface area contributed by atoms with E-state index in [0.29, 0.717) is 22.6 Å². The zero-order valence-electron chi connectivity index (χ0n) is 22.8. The summed E-state index contributed by atoms with van der Waals surface area (Å²) in [6.07, 6.45) is 9.95. The van der Waals surface area contributed by atoms with E-state index in [1.165, 1.54) is 48.3 Å². The van der Waals surface area contributed by atoms with Gasteiger partial charge in [-0.15, -0.1) is 22.7 Å². The minimum absolute atomic E-state index is 0.518. The molecule has 3 aromatic rings. The van der Waals surface area contributed by atoms with Gasteiger partial charge in [-0.1, -0.05) is 52.4 Å². The van der Waals surface area contributed by atoms with Crippen molar-refractivity contribution in [3.05, 3.63) is 63.8 Å². The van der Waals surface area contributed by atoms with Crippen LogP contribution in [0, 0.1) is 0 Å². The second-order valence-corrected chi connectivity index (χ2v) is 13.7. The summed E-state index contributed by atoms with van der Waals surface area (Å²) in [5.41, 5.74) is 1.23. The summed E-state index contributed by atoms with van der Waals surface area (Å²) < 4.78 is 13.2. The molecule has 3 rings (SSSR count). The first kappa shape index (κ1) is 31.6. The SMILES string of the molecule is CCCCCCc1cc(Br)c(C(O)c2cc(OC)c(C(O)c3sc(CCCCCC)cc3Br)cc2OC)s1. The fourth-order valence-corrected chi connectivity index (χ4v) is 8.57. The summed E-state index contributed by atoms with van der Waals surface area (Å²) in [5, 5.41) is 22.8. The van der Waals surface area contributed by atoms with Gasteiger partial charge in [0.2, 0.25) is 0 Å². The molecule has 0 amide bonds. The van der Waals surface area contributed by atoms with Crippen molar-refractivity contribution in [1.82, 2.24) is 0 Å². The van der Waals surface area contributed by atoms with Gasteiger partial charge >= 0.3 is 0 Å². The quantitative estimate of drug-likeness (QED) is 0.147. The minimum atomic E-state index is -0.878. The molecule has 0 radical (unpaired) electrons. The Morgan fingerprint density at radius 2 is 1.05 bits per heavy atom. The smallest absolute Gasteiger partial charge is 0.125 e. The van der Waals surface area contributed by atoms with Crippen LogP contribution >= 0.6 is 54.5 Å². The Morgan fingerprint density at radius 1 is 0.658 bits per heavy atom. The summed E-state index contributed by atoms with van der Waals surface area (Å²) in [6.45, 7) is 4.43. The number of hydrogen-bond donors (Lipinski definition) is 2. The average molecular weight is 689 g/mol. The number of hydrogen-bond acceptors (Lipinski definition) is 6. The summed E-state index contributed by atoms with van der Waals surface area (Å²) >= 11 is 10.6. The van der Waals surface area contributed by atoms with E-state index in [-0.39, 0.29) is 0 Å². The molecular weight excluding hydrogens is 648 g/mol. The van der Waals surface area contributed by atoms with E-state index in [2.05, 4.69) is 57.8 Å². The molecule has 38 heavy (non-hydrogen) atoms. The lowest BCUT2D eigenvalue weighted by Gasteiger charge is -2.20. The van der Waals surface area contributed by atoms with E-state index in [4.69, 9.17) is 9.47 Å². The zero-order valence-corrected chi connectivity index (χ0v) is 27.6. The van der Waals surface area contributed by atoms with Gasteiger partial charge in [-0.2, -0.15) is 0 Å². The molecule has 2 atom stereocenters. The second kappa shape index (κ2) is 15.8. The molecule has 2 heterocycles. The van der Waals surface area contributed by atoms with Crippen LogP contribution in [0.4, 0.5) is 0 Å². The maximum atomic E-state index is 11.4. The van der Waals surface area contributed by atoms with Gasteiger partial charge in [-0.3, -0.25) is 0 Å². The molecule has 8 heteroatoms. The lowest BCUT2D eigenvalue weighted by atomic mass is 9.99. The van der Waals surface area contributed by atoms with Crippen LogP contribution in [0.25, 0.3) is 0 Å². The minimum Gasteiger partial charge on any atom is -0.496 e. The van der Waals surface area contributed by atoms with Crippen molar-refractivity contribution in [1.29, 1.82) is 0 Å². The third-order valence-corrected chi connectivity index (χ3v) is 11.1. The molecule has 0 fully saturated rings. The van der Waals surface area contributed by atoms with E-state index in [9.17, 15) is 10.2 Å². The highest BCUT2D eigenvalue weighted by atomic mass is 79.9. The fraction of sp³-hybridized carbons (Fsp3) is 0.533. The number of benzene rings is 1. The highest BCUT2D eigenvalue weighted by molar-refractivity contribution is 9.10. The molecule has 2 unspecified atom stereocenters. The Bertz CT molecular complexity index is 1070. The van der Waals surface area contributed by atoms with Crippen molar-refractivity contribution in [2.75, 3.05) is 14.2 Å². The van der Waals surface area contributed by atoms with Crippen LogP contribution in [0.3, 0.4) is 0 Å². The standard InChI is InChI=1S/C30H40Br2O4S2/c1-5-7-9-11-13-19-15-23(31)29(37-19)27(33)21-17-26(36-4)22(18-25(21)35-3)28(34)30-24(32)16-20(38-30)14-12-10-8-6-2/h15-18,27-28,33-34H,5-14H2,1-4H3. The highest BCUT2D eigenvalue weighted by Crippen LogP contribution is 2.45. The molecule has 0 saturated heterocycles. The first-order chi connectivity index (χ1) is 18.3. The number of halogens is 2. The molecule has 2 aromatic heterocycles. The molecule has 0 bridgehead atoms. The van der Waals surface area contributed by atoms with Crippen molar-refractivity contribution in [2.24, 2.45) is 0 Å². The first-order valence-corrected chi connectivity index (χ1v) is 16.7. The maximum absolute atomic E-state index is 11.4. The van der Waals surface area contributed by atoms with Crippen molar-refractivity contribution in [2.45, 2.75) is 90.3 Å². The highest BCUT2D eigenvalue weighted by Gasteiger charge is 2.27. The van der Waals surface area contributed by atoms with E-state index in [1.807, 2.05) is 0 Å². The number of thiophene rings is 2. The largest absolute Gasteiger partial charge is 0.496 e. The van der Waals surface area contributed by atoms with Crippen LogP contribution in [0.2, 0.25) is 0 Å². The molecule has 2 N–H and O–H groups in total. The summed E-state index contributed by atoms with van der Waals surface area (Å²) in [5.74, 6) is 1.04. The van der Waals surface area contributed by atoms with Gasteiger partial charge in [0.1, 0.15) is 23.7 Å². The first-order valence-electron chi connectivity index (χ1n) is 13.5.